The maximum atomic E-state index is 12.3. The number of aromatic nitrogens is 1. The Balaban J connectivity index is 1.27. The van der Waals surface area contributed by atoms with Crippen LogP contribution in [0.3, 0.4) is 0 Å². The molecule has 1 aromatic heterocycles. The summed E-state index contributed by atoms with van der Waals surface area (Å²) < 4.78 is 5.03. The van der Waals surface area contributed by atoms with Gasteiger partial charge in [-0.1, -0.05) is 30.3 Å². The first-order valence-corrected chi connectivity index (χ1v) is 9.35. The van der Waals surface area contributed by atoms with Crippen LogP contribution in [-0.4, -0.2) is 35.4 Å². The molecule has 1 aliphatic heterocycles. The Morgan fingerprint density at radius 3 is 2.70 bits per heavy atom. The van der Waals surface area contributed by atoms with E-state index in [9.17, 15) is 9.59 Å². The monoisotopic (exact) mass is 365 g/mol. The van der Waals surface area contributed by atoms with Crippen LogP contribution in [0.5, 0.6) is 0 Å². The van der Waals surface area contributed by atoms with Crippen molar-refractivity contribution < 1.29 is 9.21 Å². The van der Waals surface area contributed by atoms with E-state index in [2.05, 4.69) is 39.5 Å². The Morgan fingerprint density at radius 2 is 1.93 bits per heavy atom. The molecule has 1 aliphatic rings. The van der Waals surface area contributed by atoms with Gasteiger partial charge in [0.1, 0.15) is 0 Å². The van der Waals surface area contributed by atoms with E-state index in [0.717, 1.165) is 32.4 Å². The zero-order valence-electron chi connectivity index (χ0n) is 15.1. The van der Waals surface area contributed by atoms with Crippen molar-refractivity contribution in [3.63, 3.8) is 0 Å². The van der Waals surface area contributed by atoms with Crippen LogP contribution in [0.2, 0.25) is 0 Å². The minimum atomic E-state index is -0.494. The highest BCUT2D eigenvalue weighted by Gasteiger charge is 2.21. The number of carbonyl (C=O) groups excluding carboxylic acids is 1. The van der Waals surface area contributed by atoms with E-state index in [-0.39, 0.29) is 5.91 Å². The van der Waals surface area contributed by atoms with E-state index in [1.54, 1.807) is 18.2 Å². The number of aromatic amines is 1. The van der Waals surface area contributed by atoms with Gasteiger partial charge in [-0.25, -0.2) is 4.79 Å². The summed E-state index contributed by atoms with van der Waals surface area (Å²) in [6, 6.07) is 15.7. The first-order chi connectivity index (χ1) is 13.2. The maximum absolute atomic E-state index is 12.3. The van der Waals surface area contributed by atoms with Gasteiger partial charge >= 0.3 is 5.76 Å². The second kappa shape index (κ2) is 7.80. The number of hydrogen-bond acceptors (Lipinski definition) is 4. The van der Waals surface area contributed by atoms with E-state index in [1.165, 1.54) is 5.56 Å². The number of likely N-dealkylation sites (tertiary alicyclic amines) is 1. The number of piperidine rings is 1. The number of anilines is 1. The fraction of sp³-hybridized carbons (Fsp3) is 0.333. The summed E-state index contributed by atoms with van der Waals surface area (Å²) in [5, 5.41) is 2.89. The summed E-state index contributed by atoms with van der Waals surface area (Å²) in [5.41, 5.74) is 3.09. The van der Waals surface area contributed by atoms with E-state index in [4.69, 9.17) is 4.42 Å². The van der Waals surface area contributed by atoms with Crippen LogP contribution >= 0.6 is 0 Å². The molecule has 6 heteroatoms. The molecule has 1 saturated heterocycles. The molecule has 0 saturated carbocycles. The third kappa shape index (κ3) is 4.46. The molecular weight excluding hydrogens is 342 g/mol. The third-order valence-corrected chi connectivity index (χ3v) is 5.15. The van der Waals surface area contributed by atoms with E-state index in [1.807, 2.05) is 6.07 Å². The van der Waals surface area contributed by atoms with Crippen molar-refractivity contribution in [3.8, 4) is 0 Å². The summed E-state index contributed by atoms with van der Waals surface area (Å²) in [5.74, 6) is 0.145. The number of H-pyrrole nitrogens is 1. The molecule has 27 heavy (non-hydrogen) atoms. The lowest BCUT2D eigenvalue weighted by Gasteiger charge is -2.31. The molecule has 2 aromatic carbocycles. The van der Waals surface area contributed by atoms with Gasteiger partial charge in [-0.05, 0) is 56.0 Å². The first kappa shape index (κ1) is 17.5. The van der Waals surface area contributed by atoms with Gasteiger partial charge in [-0.3, -0.25) is 14.7 Å². The molecule has 4 rings (SSSR count). The van der Waals surface area contributed by atoms with Crippen molar-refractivity contribution in [1.29, 1.82) is 0 Å². The average Bonchev–Trinajstić information content (AvgIpc) is 3.03. The van der Waals surface area contributed by atoms with Crippen LogP contribution in [0.25, 0.3) is 11.1 Å². The minimum Gasteiger partial charge on any atom is -0.408 e. The average molecular weight is 365 g/mol. The molecule has 0 bridgehead atoms. The van der Waals surface area contributed by atoms with Gasteiger partial charge in [0.25, 0.3) is 0 Å². The van der Waals surface area contributed by atoms with Crippen LogP contribution in [0, 0.1) is 5.92 Å². The van der Waals surface area contributed by atoms with Crippen molar-refractivity contribution in [2.24, 2.45) is 5.92 Å². The minimum absolute atomic E-state index is 0.0475. The van der Waals surface area contributed by atoms with Gasteiger partial charge in [0.15, 0.2) is 5.58 Å². The van der Waals surface area contributed by atoms with Crippen LogP contribution in [-0.2, 0) is 11.2 Å². The lowest BCUT2D eigenvalue weighted by molar-refractivity contribution is -0.117. The van der Waals surface area contributed by atoms with E-state index >= 15 is 0 Å². The van der Waals surface area contributed by atoms with Crippen molar-refractivity contribution in [2.45, 2.75) is 19.3 Å². The van der Waals surface area contributed by atoms with Crippen molar-refractivity contribution in [1.82, 2.24) is 9.88 Å². The molecule has 0 aliphatic carbocycles. The van der Waals surface area contributed by atoms with Gasteiger partial charge in [0.2, 0.25) is 5.91 Å². The van der Waals surface area contributed by atoms with E-state index < -0.39 is 5.76 Å². The molecule has 2 heterocycles. The first-order valence-electron chi connectivity index (χ1n) is 9.35. The number of rotatable bonds is 5. The number of nitrogens with one attached hydrogen (secondary N) is 2. The molecule has 0 radical (unpaired) electrons. The Labute approximate surface area is 157 Å². The summed E-state index contributed by atoms with van der Waals surface area (Å²) in [4.78, 5) is 28.3. The lowest BCUT2D eigenvalue weighted by atomic mass is 9.90. The van der Waals surface area contributed by atoms with Gasteiger partial charge < -0.3 is 9.73 Å². The Bertz CT molecular complexity index is 969. The number of amides is 1. The van der Waals surface area contributed by atoms with Gasteiger partial charge in [-0.2, -0.15) is 0 Å². The van der Waals surface area contributed by atoms with Crippen molar-refractivity contribution in [3.05, 3.63) is 64.6 Å². The Hall–Kier alpha value is -2.86. The molecule has 0 atom stereocenters. The normalized spacial score (nSPS) is 15.9. The summed E-state index contributed by atoms with van der Waals surface area (Å²) in [7, 11) is 0. The summed E-state index contributed by atoms with van der Waals surface area (Å²) >= 11 is 0. The quantitative estimate of drug-likeness (QED) is 0.729. The number of nitrogens with zero attached hydrogens (tertiary/aromatic N) is 1. The number of fused-ring (bicyclic) bond motifs is 1. The highest BCUT2D eigenvalue weighted by atomic mass is 16.4. The number of oxazole rings is 1. The highest BCUT2D eigenvalue weighted by molar-refractivity contribution is 5.93. The molecule has 1 fully saturated rings. The van der Waals surface area contributed by atoms with Crippen molar-refractivity contribution in [2.75, 3.05) is 25.0 Å². The molecule has 0 spiro atoms. The largest absolute Gasteiger partial charge is 0.417 e. The lowest BCUT2D eigenvalue weighted by Crippen LogP contribution is -2.39. The van der Waals surface area contributed by atoms with Crippen molar-refractivity contribution >= 4 is 22.7 Å². The fourth-order valence-electron chi connectivity index (χ4n) is 3.72. The van der Waals surface area contributed by atoms with Gasteiger partial charge in [0.05, 0.1) is 12.1 Å². The second-order valence-electron chi connectivity index (χ2n) is 7.18. The molecular formula is C21H23N3O3. The molecule has 140 valence electrons. The summed E-state index contributed by atoms with van der Waals surface area (Å²) in [6.07, 6.45) is 3.34. The van der Waals surface area contributed by atoms with Crippen LogP contribution in [0.1, 0.15) is 18.4 Å². The Morgan fingerprint density at radius 1 is 1.15 bits per heavy atom. The predicted octanol–water partition coefficient (Wildman–Crippen LogP) is 3.01. The van der Waals surface area contributed by atoms with Crippen LogP contribution < -0.4 is 11.1 Å². The number of hydrogen-bond donors (Lipinski definition) is 2. The standard InChI is InChI=1S/C21H23N3O3/c25-20(22-17-6-7-18-19(13-17)27-21(26)23-18)14-24-10-8-16(9-11-24)12-15-4-2-1-3-5-15/h1-7,13,16H,8-12,14H2,(H,22,25)(H,23,26). The van der Waals surface area contributed by atoms with Gasteiger partial charge in [-0.15, -0.1) is 0 Å². The smallest absolute Gasteiger partial charge is 0.408 e. The highest BCUT2D eigenvalue weighted by Crippen LogP contribution is 2.22. The van der Waals surface area contributed by atoms with Crippen LogP contribution in [0.4, 0.5) is 5.69 Å². The van der Waals surface area contributed by atoms with Crippen LogP contribution in [0.15, 0.2) is 57.7 Å². The molecule has 1 amide bonds. The zero-order chi connectivity index (χ0) is 18.6. The fourth-order valence-corrected chi connectivity index (χ4v) is 3.72. The van der Waals surface area contributed by atoms with E-state index in [0.29, 0.717) is 29.2 Å². The molecule has 2 N–H and O–H groups in total. The number of benzene rings is 2. The second-order valence-corrected chi connectivity index (χ2v) is 7.18. The Kier molecular flexibility index (Phi) is 5.07. The molecule has 6 nitrogen and oxygen atoms in total. The molecule has 0 unspecified atom stereocenters. The topological polar surface area (TPSA) is 78.3 Å². The SMILES string of the molecule is O=C(CN1CCC(Cc2ccccc2)CC1)Nc1ccc2[nH]c(=O)oc2c1. The zero-order valence-corrected chi connectivity index (χ0v) is 15.1. The molecule has 3 aromatic rings. The third-order valence-electron chi connectivity index (χ3n) is 5.15. The number of carbonyl (C=O) groups is 1. The maximum Gasteiger partial charge on any atom is 0.417 e. The predicted molar refractivity (Wildman–Crippen MR) is 105 cm³/mol. The van der Waals surface area contributed by atoms with Gasteiger partial charge in [0, 0.05) is 11.8 Å². The summed E-state index contributed by atoms with van der Waals surface area (Å²) in [6.45, 7) is 2.26.